The number of nitrogens with zero attached hydrogens (tertiary/aromatic N) is 3. The molecule has 1 aliphatic heterocycles. The third-order valence-corrected chi connectivity index (χ3v) is 5.88. The average molecular weight is 412 g/mol. The van der Waals surface area contributed by atoms with E-state index in [0.717, 1.165) is 37.5 Å². The smallest absolute Gasteiger partial charge is 0.236 e. The Kier molecular flexibility index (Phi) is 7.21. The van der Waals surface area contributed by atoms with E-state index >= 15 is 0 Å². The van der Waals surface area contributed by atoms with Crippen molar-refractivity contribution in [1.29, 1.82) is 0 Å². The van der Waals surface area contributed by atoms with Crippen molar-refractivity contribution < 1.29 is 14.3 Å². The number of benzene rings is 2. The van der Waals surface area contributed by atoms with Gasteiger partial charge in [0, 0.05) is 44.0 Å². The van der Waals surface area contributed by atoms with Gasteiger partial charge in [-0.1, -0.05) is 24.3 Å². The van der Waals surface area contributed by atoms with Crippen molar-refractivity contribution in [3.8, 4) is 11.5 Å². The molecule has 0 unspecified atom stereocenters. The zero-order valence-corrected chi connectivity index (χ0v) is 18.8. The molecule has 0 spiro atoms. The van der Waals surface area contributed by atoms with Crippen molar-refractivity contribution in [2.45, 2.75) is 20.4 Å². The summed E-state index contributed by atoms with van der Waals surface area (Å²) in [6, 6.07) is 12.3. The molecule has 0 atom stereocenters. The SMILES string of the molecule is COc1cccc(CN(C)CC(=O)N2CCN(c3cccc(C)c3C)CC2)c1OC. The molecule has 0 aliphatic carbocycles. The quantitative estimate of drug-likeness (QED) is 0.701. The van der Waals surface area contributed by atoms with Gasteiger partial charge in [0.2, 0.25) is 5.91 Å². The number of hydrogen-bond acceptors (Lipinski definition) is 5. The maximum absolute atomic E-state index is 12.9. The number of piperazine rings is 1. The van der Waals surface area contributed by atoms with Crippen LogP contribution >= 0.6 is 0 Å². The Morgan fingerprint density at radius 3 is 2.37 bits per heavy atom. The maximum atomic E-state index is 12.9. The monoisotopic (exact) mass is 411 g/mol. The Hall–Kier alpha value is -2.73. The second-order valence-electron chi connectivity index (χ2n) is 7.91. The van der Waals surface area contributed by atoms with Gasteiger partial charge >= 0.3 is 0 Å². The van der Waals surface area contributed by atoms with Gasteiger partial charge < -0.3 is 19.3 Å². The molecule has 162 valence electrons. The fourth-order valence-electron chi connectivity index (χ4n) is 4.03. The van der Waals surface area contributed by atoms with E-state index in [1.54, 1.807) is 14.2 Å². The van der Waals surface area contributed by atoms with E-state index < -0.39 is 0 Å². The highest BCUT2D eigenvalue weighted by molar-refractivity contribution is 5.78. The lowest BCUT2D eigenvalue weighted by molar-refractivity contribution is -0.132. The van der Waals surface area contributed by atoms with E-state index in [2.05, 4.69) is 36.9 Å². The molecule has 0 saturated carbocycles. The van der Waals surface area contributed by atoms with Gasteiger partial charge in [-0.3, -0.25) is 9.69 Å². The Morgan fingerprint density at radius 2 is 1.70 bits per heavy atom. The lowest BCUT2D eigenvalue weighted by atomic mass is 10.1. The van der Waals surface area contributed by atoms with Gasteiger partial charge in [-0.15, -0.1) is 0 Å². The highest BCUT2D eigenvalue weighted by Crippen LogP contribution is 2.31. The number of para-hydroxylation sites is 1. The number of likely N-dealkylation sites (N-methyl/N-ethyl adjacent to an activating group) is 1. The van der Waals surface area contributed by atoms with Gasteiger partial charge in [-0.2, -0.15) is 0 Å². The lowest BCUT2D eigenvalue weighted by Gasteiger charge is -2.37. The van der Waals surface area contributed by atoms with Crippen LogP contribution in [0.25, 0.3) is 0 Å². The predicted molar refractivity (Wildman–Crippen MR) is 121 cm³/mol. The molecule has 0 aromatic heterocycles. The summed E-state index contributed by atoms with van der Waals surface area (Å²) in [6.45, 7) is 8.55. The zero-order valence-electron chi connectivity index (χ0n) is 18.8. The Labute approximate surface area is 180 Å². The largest absolute Gasteiger partial charge is 0.493 e. The minimum absolute atomic E-state index is 0.167. The summed E-state index contributed by atoms with van der Waals surface area (Å²) in [5.74, 6) is 1.60. The summed E-state index contributed by atoms with van der Waals surface area (Å²) in [5.41, 5.74) is 4.92. The van der Waals surface area contributed by atoms with Crippen LogP contribution < -0.4 is 14.4 Å². The molecule has 1 aliphatic rings. The molecule has 6 heteroatoms. The van der Waals surface area contributed by atoms with Crippen molar-refractivity contribution in [3.63, 3.8) is 0 Å². The standard InChI is InChI=1S/C24H33N3O3/c1-18-8-6-10-21(19(18)2)26-12-14-27(15-13-26)23(28)17-25(3)16-20-9-7-11-22(29-4)24(20)30-5/h6-11H,12-17H2,1-5H3. The van der Waals surface area contributed by atoms with Crippen molar-refractivity contribution in [2.75, 3.05) is 58.9 Å². The fraction of sp³-hybridized carbons (Fsp3) is 0.458. The van der Waals surface area contributed by atoms with E-state index in [9.17, 15) is 4.79 Å². The van der Waals surface area contributed by atoms with Crippen LogP contribution in [0.3, 0.4) is 0 Å². The summed E-state index contributed by atoms with van der Waals surface area (Å²) in [5, 5.41) is 0. The van der Waals surface area contributed by atoms with Crippen LogP contribution in [0, 0.1) is 13.8 Å². The topological polar surface area (TPSA) is 45.2 Å². The van der Waals surface area contributed by atoms with Gasteiger partial charge in [-0.05, 0) is 44.2 Å². The number of amides is 1. The molecule has 0 N–H and O–H groups in total. The van der Waals surface area contributed by atoms with Crippen LogP contribution in [0.15, 0.2) is 36.4 Å². The number of methoxy groups -OCH3 is 2. The molecule has 3 rings (SSSR count). The molecule has 1 fully saturated rings. The molecule has 2 aromatic carbocycles. The number of aryl methyl sites for hydroxylation is 1. The highest BCUT2D eigenvalue weighted by atomic mass is 16.5. The van der Waals surface area contributed by atoms with Crippen LogP contribution in [0.1, 0.15) is 16.7 Å². The Bertz CT molecular complexity index is 876. The molecule has 1 heterocycles. The summed E-state index contributed by atoms with van der Waals surface area (Å²) < 4.78 is 10.9. The van der Waals surface area contributed by atoms with E-state index in [1.165, 1.54) is 16.8 Å². The van der Waals surface area contributed by atoms with E-state index in [4.69, 9.17) is 9.47 Å². The van der Waals surface area contributed by atoms with Crippen LogP contribution in [0.4, 0.5) is 5.69 Å². The minimum atomic E-state index is 0.167. The molecule has 1 saturated heterocycles. The molecular weight excluding hydrogens is 378 g/mol. The maximum Gasteiger partial charge on any atom is 0.236 e. The first-order valence-electron chi connectivity index (χ1n) is 10.4. The van der Waals surface area contributed by atoms with Gasteiger partial charge in [-0.25, -0.2) is 0 Å². The Morgan fingerprint density at radius 1 is 1.00 bits per heavy atom. The number of anilines is 1. The zero-order chi connectivity index (χ0) is 21.7. The molecule has 0 radical (unpaired) electrons. The molecule has 6 nitrogen and oxygen atoms in total. The highest BCUT2D eigenvalue weighted by Gasteiger charge is 2.23. The normalized spacial score (nSPS) is 14.2. The van der Waals surface area contributed by atoms with Gasteiger partial charge in [0.25, 0.3) is 0 Å². The number of carbonyl (C=O) groups excluding carboxylic acids is 1. The first kappa shape index (κ1) is 22.0. The third-order valence-electron chi connectivity index (χ3n) is 5.88. The molecule has 30 heavy (non-hydrogen) atoms. The second kappa shape index (κ2) is 9.85. The average Bonchev–Trinajstić information content (AvgIpc) is 2.75. The minimum Gasteiger partial charge on any atom is -0.493 e. The van der Waals surface area contributed by atoms with Crippen molar-refractivity contribution in [1.82, 2.24) is 9.80 Å². The van der Waals surface area contributed by atoms with E-state index in [0.29, 0.717) is 18.8 Å². The number of ether oxygens (including phenoxy) is 2. The predicted octanol–water partition coefficient (Wildman–Crippen LogP) is 3.10. The van der Waals surface area contributed by atoms with Crippen molar-refractivity contribution in [2.24, 2.45) is 0 Å². The molecular formula is C24H33N3O3. The van der Waals surface area contributed by atoms with Gasteiger partial charge in [0.15, 0.2) is 11.5 Å². The summed E-state index contributed by atoms with van der Waals surface area (Å²) in [6.07, 6.45) is 0. The molecule has 0 bridgehead atoms. The first-order chi connectivity index (χ1) is 14.4. The van der Waals surface area contributed by atoms with Crippen molar-refractivity contribution in [3.05, 3.63) is 53.1 Å². The van der Waals surface area contributed by atoms with Crippen LogP contribution in [0.2, 0.25) is 0 Å². The lowest BCUT2D eigenvalue weighted by Crippen LogP contribution is -2.51. The van der Waals surface area contributed by atoms with E-state index in [1.807, 2.05) is 35.0 Å². The Balaban J connectivity index is 1.55. The van der Waals surface area contributed by atoms with Gasteiger partial charge in [0.05, 0.1) is 20.8 Å². The summed E-state index contributed by atoms with van der Waals surface area (Å²) >= 11 is 0. The van der Waals surface area contributed by atoms with Crippen LogP contribution in [-0.4, -0.2) is 69.7 Å². The van der Waals surface area contributed by atoms with E-state index in [-0.39, 0.29) is 5.91 Å². The first-order valence-corrected chi connectivity index (χ1v) is 10.4. The van der Waals surface area contributed by atoms with Crippen molar-refractivity contribution >= 4 is 11.6 Å². The second-order valence-corrected chi connectivity index (χ2v) is 7.91. The van der Waals surface area contributed by atoms with Crippen LogP contribution in [-0.2, 0) is 11.3 Å². The number of hydrogen-bond donors (Lipinski definition) is 0. The van der Waals surface area contributed by atoms with Crippen LogP contribution in [0.5, 0.6) is 11.5 Å². The summed E-state index contributed by atoms with van der Waals surface area (Å²) in [4.78, 5) is 19.2. The third kappa shape index (κ3) is 4.87. The number of carbonyl (C=O) groups is 1. The van der Waals surface area contributed by atoms with Gasteiger partial charge in [0.1, 0.15) is 0 Å². The molecule has 2 aromatic rings. The number of rotatable bonds is 7. The molecule has 1 amide bonds. The summed E-state index contributed by atoms with van der Waals surface area (Å²) in [7, 11) is 5.23. The fourth-order valence-corrected chi connectivity index (χ4v) is 4.03.